The Labute approximate surface area is 95.6 Å². The molecule has 1 aliphatic heterocycles. The summed E-state index contributed by atoms with van der Waals surface area (Å²) in [7, 11) is 0. The van der Waals surface area contributed by atoms with Crippen LogP contribution in [0.25, 0.3) is 0 Å². The molecule has 0 spiro atoms. The van der Waals surface area contributed by atoms with Crippen LogP contribution in [0, 0.1) is 5.92 Å². The minimum absolute atomic E-state index is 0. The molecule has 2 unspecified atom stereocenters. The third-order valence-corrected chi connectivity index (χ3v) is 2.66. The number of likely N-dealkylation sites (tertiary alicyclic amines) is 1. The summed E-state index contributed by atoms with van der Waals surface area (Å²) in [4.78, 5) is 24.1. The van der Waals surface area contributed by atoms with Crippen LogP contribution in [0.2, 0.25) is 0 Å². The van der Waals surface area contributed by atoms with Crippen LogP contribution in [0.15, 0.2) is 0 Å². The Bertz CT molecular complexity index is 248. The molecule has 6 heteroatoms. The lowest BCUT2D eigenvalue weighted by Gasteiger charge is -2.24. The second-order valence-electron chi connectivity index (χ2n) is 3.68. The van der Waals surface area contributed by atoms with Gasteiger partial charge >= 0.3 is 0 Å². The van der Waals surface area contributed by atoms with Crippen molar-refractivity contribution in [3.8, 4) is 0 Å². The van der Waals surface area contributed by atoms with E-state index < -0.39 is 11.9 Å². The number of hydrogen-bond acceptors (Lipinski definition) is 3. The van der Waals surface area contributed by atoms with Crippen molar-refractivity contribution < 1.29 is 9.59 Å². The highest BCUT2D eigenvalue weighted by atomic mass is 35.5. The van der Waals surface area contributed by atoms with Gasteiger partial charge in [-0.2, -0.15) is 0 Å². The monoisotopic (exact) mass is 235 g/mol. The molecule has 2 amide bonds. The van der Waals surface area contributed by atoms with Crippen molar-refractivity contribution in [1.82, 2.24) is 4.90 Å². The zero-order chi connectivity index (χ0) is 10.7. The molecular weight excluding hydrogens is 218 g/mol. The SMILES string of the molecule is CCC(C(N)=O)N1CC(CN)CC1=O.Cl. The zero-order valence-electron chi connectivity index (χ0n) is 8.81. The highest BCUT2D eigenvalue weighted by Gasteiger charge is 2.35. The summed E-state index contributed by atoms with van der Waals surface area (Å²) in [6.45, 7) is 2.90. The average Bonchev–Trinajstić information content (AvgIpc) is 2.48. The van der Waals surface area contributed by atoms with E-state index >= 15 is 0 Å². The minimum atomic E-state index is -0.459. The number of carbonyl (C=O) groups is 2. The van der Waals surface area contributed by atoms with Gasteiger partial charge in [0.05, 0.1) is 0 Å². The summed E-state index contributed by atoms with van der Waals surface area (Å²) in [5, 5.41) is 0. The van der Waals surface area contributed by atoms with Crippen molar-refractivity contribution in [1.29, 1.82) is 0 Å². The molecule has 5 nitrogen and oxygen atoms in total. The third kappa shape index (κ3) is 3.07. The molecular formula is C9H18ClN3O2. The lowest BCUT2D eigenvalue weighted by molar-refractivity contribution is -0.136. The topological polar surface area (TPSA) is 89.4 Å². The Morgan fingerprint density at radius 2 is 2.27 bits per heavy atom. The van der Waals surface area contributed by atoms with Gasteiger partial charge in [-0.05, 0) is 18.9 Å². The smallest absolute Gasteiger partial charge is 0.240 e. The van der Waals surface area contributed by atoms with Gasteiger partial charge in [-0.1, -0.05) is 6.92 Å². The molecule has 1 rings (SSSR count). The number of rotatable bonds is 4. The molecule has 0 aliphatic carbocycles. The van der Waals surface area contributed by atoms with E-state index in [9.17, 15) is 9.59 Å². The standard InChI is InChI=1S/C9H17N3O2.ClH/c1-2-7(9(11)14)12-5-6(4-10)3-8(12)13;/h6-7H,2-5,10H2,1H3,(H2,11,14);1H. The van der Waals surface area contributed by atoms with Gasteiger partial charge in [-0.25, -0.2) is 0 Å². The molecule has 0 aromatic heterocycles. The van der Waals surface area contributed by atoms with Crippen LogP contribution in [0.4, 0.5) is 0 Å². The molecule has 4 N–H and O–H groups in total. The van der Waals surface area contributed by atoms with Gasteiger partial charge in [0.1, 0.15) is 6.04 Å². The van der Waals surface area contributed by atoms with Gasteiger partial charge in [-0.3, -0.25) is 9.59 Å². The van der Waals surface area contributed by atoms with Gasteiger partial charge in [0, 0.05) is 13.0 Å². The van der Waals surface area contributed by atoms with E-state index in [1.54, 1.807) is 4.90 Å². The largest absolute Gasteiger partial charge is 0.368 e. The highest BCUT2D eigenvalue weighted by Crippen LogP contribution is 2.20. The fourth-order valence-electron chi connectivity index (χ4n) is 1.84. The van der Waals surface area contributed by atoms with E-state index in [0.29, 0.717) is 25.9 Å². The minimum Gasteiger partial charge on any atom is -0.368 e. The van der Waals surface area contributed by atoms with Gasteiger partial charge in [-0.15, -0.1) is 12.4 Å². The summed E-state index contributed by atoms with van der Waals surface area (Å²) in [6, 6.07) is -0.459. The molecule has 1 heterocycles. The number of primary amides is 1. The van der Waals surface area contributed by atoms with Crippen LogP contribution in [-0.4, -0.2) is 35.8 Å². The van der Waals surface area contributed by atoms with Crippen LogP contribution in [-0.2, 0) is 9.59 Å². The molecule has 2 atom stereocenters. The van der Waals surface area contributed by atoms with E-state index in [4.69, 9.17) is 11.5 Å². The summed E-state index contributed by atoms with van der Waals surface area (Å²) in [6.07, 6.45) is 1.01. The van der Waals surface area contributed by atoms with E-state index in [0.717, 1.165) is 0 Å². The van der Waals surface area contributed by atoms with Gasteiger partial charge in [0.2, 0.25) is 11.8 Å². The molecule has 1 saturated heterocycles. The maximum Gasteiger partial charge on any atom is 0.240 e. The molecule has 15 heavy (non-hydrogen) atoms. The number of hydrogen-bond donors (Lipinski definition) is 2. The predicted molar refractivity (Wildman–Crippen MR) is 59.4 cm³/mol. The van der Waals surface area contributed by atoms with Crippen molar-refractivity contribution in [2.75, 3.05) is 13.1 Å². The molecule has 0 aromatic carbocycles. The van der Waals surface area contributed by atoms with Gasteiger partial charge in [0.15, 0.2) is 0 Å². The first-order chi connectivity index (χ1) is 6.60. The summed E-state index contributed by atoms with van der Waals surface area (Å²) in [5.74, 6) is -0.263. The number of nitrogens with two attached hydrogens (primary N) is 2. The third-order valence-electron chi connectivity index (χ3n) is 2.66. The maximum atomic E-state index is 11.5. The number of nitrogens with zero attached hydrogens (tertiary/aromatic N) is 1. The van der Waals surface area contributed by atoms with E-state index in [1.807, 2.05) is 6.92 Å². The second-order valence-corrected chi connectivity index (χ2v) is 3.68. The first-order valence-corrected chi connectivity index (χ1v) is 4.89. The fourth-order valence-corrected chi connectivity index (χ4v) is 1.84. The Kier molecular flexibility index (Phi) is 5.60. The summed E-state index contributed by atoms with van der Waals surface area (Å²) < 4.78 is 0. The van der Waals surface area contributed by atoms with Crippen LogP contribution >= 0.6 is 12.4 Å². The molecule has 0 saturated carbocycles. The van der Waals surface area contributed by atoms with Crippen LogP contribution in [0.3, 0.4) is 0 Å². The second kappa shape index (κ2) is 5.92. The predicted octanol–water partition coefficient (Wildman–Crippen LogP) is -0.521. The fraction of sp³-hybridized carbons (Fsp3) is 0.778. The Balaban J connectivity index is 0.00000196. The first-order valence-electron chi connectivity index (χ1n) is 4.89. The number of amides is 2. The Morgan fingerprint density at radius 1 is 1.67 bits per heavy atom. The van der Waals surface area contributed by atoms with Crippen molar-refractivity contribution >= 4 is 24.2 Å². The molecule has 88 valence electrons. The van der Waals surface area contributed by atoms with E-state index in [-0.39, 0.29) is 24.2 Å². The molecule has 0 bridgehead atoms. The van der Waals surface area contributed by atoms with E-state index in [1.165, 1.54) is 0 Å². The zero-order valence-corrected chi connectivity index (χ0v) is 9.63. The van der Waals surface area contributed by atoms with Crippen molar-refractivity contribution in [3.63, 3.8) is 0 Å². The molecule has 0 radical (unpaired) electrons. The van der Waals surface area contributed by atoms with Gasteiger partial charge in [0.25, 0.3) is 0 Å². The number of carbonyl (C=O) groups excluding carboxylic acids is 2. The highest BCUT2D eigenvalue weighted by molar-refractivity contribution is 5.87. The molecule has 1 aliphatic rings. The number of halogens is 1. The first kappa shape index (κ1) is 14.2. The van der Waals surface area contributed by atoms with Crippen molar-refractivity contribution in [2.24, 2.45) is 17.4 Å². The van der Waals surface area contributed by atoms with Crippen LogP contribution in [0.5, 0.6) is 0 Å². The maximum absolute atomic E-state index is 11.5. The summed E-state index contributed by atoms with van der Waals surface area (Å²) >= 11 is 0. The van der Waals surface area contributed by atoms with Gasteiger partial charge < -0.3 is 16.4 Å². The Morgan fingerprint density at radius 3 is 2.60 bits per heavy atom. The quantitative estimate of drug-likeness (QED) is 0.687. The summed E-state index contributed by atoms with van der Waals surface area (Å²) in [5.41, 5.74) is 10.7. The van der Waals surface area contributed by atoms with Crippen LogP contribution in [0.1, 0.15) is 19.8 Å². The normalized spacial score (nSPS) is 22.4. The lowest BCUT2D eigenvalue weighted by Crippen LogP contribution is -2.45. The van der Waals surface area contributed by atoms with Crippen LogP contribution < -0.4 is 11.5 Å². The molecule has 0 aromatic rings. The lowest BCUT2D eigenvalue weighted by atomic mass is 10.1. The molecule has 1 fully saturated rings. The van der Waals surface area contributed by atoms with Crippen molar-refractivity contribution in [3.05, 3.63) is 0 Å². The average molecular weight is 236 g/mol. The van der Waals surface area contributed by atoms with E-state index in [2.05, 4.69) is 0 Å². The Hall–Kier alpha value is -0.810. The van der Waals surface area contributed by atoms with Crippen molar-refractivity contribution in [2.45, 2.75) is 25.8 Å².